The number of nitrogens with zero attached hydrogens (tertiary/aromatic N) is 5. The van der Waals surface area contributed by atoms with Crippen molar-refractivity contribution in [1.82, 2.24) is 13.9 Å². The molecule has 4 heterocycles. The molecule has 0 amide bonds. The van der Waals surface area contributed by atoms with Gasteiger partial charge >= 0.3 is 0 Å². The van der Waals surface area contributed by atoms with Crippen molar-refractivity contribution in [3.63, 3.8) is 0 Å². The van der Waals surface area contributed by atoms with Gasteiger partial charge in [0.2, 0.25) is 21.0 Å². The van der Waals surface area contributed by atoms with Crippen LogP contribution in [0.25, 0.3) is 22.2 Å². The molecule has 1 fully saturated rings. The van der Waals surface area contributed by atoms with E-state index < -0.39 is 15.6 Å². The highest BCUT2D eigenvalue weighted by Crippen LogP contribution is 2.52. The van der Waals surface area contributed by atoms with Gasteiger partial charge in [-0.1, -0.05) is 44.5 Å². The second-order valence-electron chi connectivity index (χ2n) is 12.3. The summed E-state index contributed by atoms with van der Waals surface area (Å²) in [6.45, 7) is 11.5. The molecular formula is C30H34ClN5O3S2. The summed E-state index contributed by atoms with van der Waals surface area (Å²) < 4.78 is 31.4. The fourth-order valence-corrected chi connectivity index (χ4v) is 9.18. The van der Waals surface area contributed by atoms with E-state index in [1.165, 1.54) is 11.3 Å². The molecule has 1 saturated heterocycles. The van der Waals surface area contributed by atoms with E-state index in [1.807, 2.05) is 34.2 Å². The molecule has 2 aromatic carbocycles. The van der Waals surface area contributed by atoms with Gasteiger partial charge in [0, 0.05) is 40.0 Å². The summed E-state index contributed by atoms with van der Waals surface area (Å²) in [6, 6.07) is 10.9. The number of thiazole rings is 1. The average Bonchev–Trinajstić information content (AvgIpc) is 3.48. The maximum atomic E-state index is 14.0. The fourth-order valence-electron chi connectivity index (χ4n) is 6.66. The number of sulfonamides is 1. The van der Waals surface area contributed by atoms with Gasteiger partial charge in [0.05, 0.1) is 16.1 Å². The van der Waals surface area contributed by atoms with Gasteiger partial charge in [-0.2, -0.15) is 4.31 Å². The van der Waals surface area contributed by atoms with Crippen LogP contribution < -0.4 is 0 Å². The van der Waals surface area contributed by atoms with Crippen molar-refractivity contribution in [2.45, 2.75) is 63.8 Å². The van der Waals surface area contributed by atoms with Crippen LogP contribution >= 0.6 is 22.9 Å². The van der Waals surface area contributed by atoms with Gasteiger partial charge in [0.15, 0.2) is 5.69 Å². The quantitative estimate of drug-likeness (QED) is 0.229. The minimum atomic E-state index is -3.75. The zero-order valence-corrected chi connectivity index (χ0v) is 26.2. The minimum Gasteiger partial charge on any atom is -0.493 e. The van der Waals surface area contributed by atoms with Gasteiger partial charge in [-0.3, -0.25) is 0 Å². The number of benzene rings is 2. The van der Waals surface area contributed by atoms with Gasteiger partial charge in [-0.25, -0.2) is 13.4 Å². The van der Waals surface area contributed by atoms with Crippen LogP contribution in [0.5, 0.6) is 5.88 Å². The molecule has 0 saturated carbocycles. The van der Waals surface area contributed by atoms with E-state index in [-0.39, 0.29) is 22.4 Å². The SMILES string of the molecule is CC1CC(C)CN(S(=O)(=O)c2cc3c4c(c2)c(N=Nc2nc(-c5ccc(Cl)cc5)cs2)c(O)n4C(C)(C)CC3C)C1. The molecule has 3 atom stereocenters. The van der Waals surface area contributed by atoms with Gasteiger partial charge in [0.25, 0.3) is 0 Å². The number of hydrogen-bond acceptors (Lipinski definition) is 7. The summed E-state index contributed by atoms with van der Waals surface area (Å²) in [5, 5.41) is 23.9. The first-order valence-electron chi connectivity index (χ1n) is 13.9. The molecule has 216 valence electrons. The Morgan fingerprint density at radius 3 is 2.44 bits per heavy atom. The van der Waals surface area contributed by atoms with E-state index in [4.69, 9.17) is 11.6 Å². The first-order chi connectivity index (χ1) is 19.3. The van der Waals surface area contributed by atoms with Crippen LogP contribution in [0.2, 0.25) is 5.02 Å². The lowest BCUT2D eigenvalue weighted by Gasteiger charge is -2.37. The molecule has 2 aliphatic heterocycles. The van der Waals surface area contributed by atoms with Crippen molar-refractivity contribution >= 4 is 54.7 Å². The average molecular weight is 612 g/mol. The molecule has 1 N–H and O–H groups in total. The fraction of sp³-hybridized carbons (Fsp3) is 0.433. The third-order valence-electron chi connectivity index (χ3n) is 8.30. The smallest absolute Gasteiger partial charge is 0.243 e. The molecule has 41 heavy (non-hydrogen) atoms. The monoisotopic (exact) mass is 611 g/mol. The molecule has 0 bridgehead atoms. The van der Waals surface area contributed by atoms with Crippen molar-refractivity contribution < 1.29 is 13.5 Å². The molecule has 0 spiro atoms. The molecule has 0 aliphatic carbocycles. The minimum absolute atomic E-state index is 0.0221. The molecule has 2 aliphatic rings. The normalized spacial score (nSPS) is 23.0. The van der Waals surface area contributed by atoms with E-state index in [0.29, 0.717) is 40.5 Å². The molecule has 6 rings (SSSR count). The van der Waals surface area contributed by atoms with Crippen LogP contribution in [0.4, 0.5) is 10.8 Å². The first kappa shape index (κ1) is 28.3. The summed E-state index contributed by atoms with van der Waals surface area (Å²) in [6.07, 6.45) is 1.76. The Bertz CT molecular complexity index is 1770. The maximum Gasteiger partial charge on any atom is 0.243 e. The number of piperidine rings is 1. The van der Waals surface area contributed by atoms with Gasteiger partial charge < -0.3 is 9.67 Å². The zero-order chi connectivity index (χ0) is 29.3. The van der Waals surface area contributed by atoms with E-state index in [9.17, 15) is 13.5 Å². The van der Waals surface area contributed by atoms with Crippen LogP contribution in [-0.4, -0.2) is 40.5 Å². The topological polar surface area (TPSA) is 100 Å². The molecular weight excluding hydrogens is 578 g/mol. The Morgan fingerprint density at radius 1 is 1.07 bits per heavy atom. The standard InChI is InChI=1S/C30H34ClN5O3S2/c1-17-10-18(2)15-35(14-17)41(38,39)22-11-23-19(3)13-30(4,5)36-27(23)24(12-22)26(28(36)37)33-34-29-32-25(16-40-29)20-6-8-21(31)9-7-20/h6-9,11-12,16-19,37H,10,13-15H2,1-5H3. The number of aromatic hydroxyl groups is 1. The molecule has 8 nitrogen and oxygen atoms in total. The molecule has 4 aromatic rings. The van der Waals surface area contributed by atoms with E-state index >= 15 is 0 Å². The predicted molar refractivity (Wildman–Crippen MR) is 164 cm³/mol. The Hall–Kier alpha value is -2.79. The van der Waals surface area contributed by atoms with Crippen molar-refractivity contribution in [3.05, 3.63) is 52.4 Å². The lowest BCUT2D eigenvalue weighted by atomic mass is 9.82. The van der Waals surface area contributed by atoms with Crippen LogP contribution in [0.15, 0.2) is 56.9 Å². The van der Waals surface area contributed by atoms with E-state index in [2.05, 4.69) is 49.8 Å². The van der Waals surface area contributed by atoms with Gasteiger partial charge in [0.1, 0.15) is 0 Å². The largest absolute Gasteiger partial charge is 0.493 e. The number of rotatable bonds is 5. The lowest BCUT2D eigenvalue weighted by Crippen LogP contribution is -2.42. The molecule has 0 radical (unpaired) electrons. The van der Waals surface area contributed by atoms with Crippen LogP contribution in [0.1, 0.15) is 58.9 Å². The number of hydrogen-bond donors (Lipinski definition) is 1. The van der Waals surface area contributed by atoms with Gasteiger partial charge in [-0.05, 0) is 74.3 Å². The second-order valence-corrected chi connectivity index (χ2v) is 15.5. The summed E-state index contributed by atoms with van der Waals surface area (Å²) in [4.78, 5) is 4.83. The Labute approximate surface area is 249 Å². The van der Waals surface area contributed by atoms with Crippen LogP contribution in [-0.2, 0) is 15.6 Å². The maximum absolute atomic E-state index is 14.0. The molecule has 2 aromatic heterocycles. The summed E-state index contributed by atoms with van der Waals surface area (Å²) >= 11 is 7.36. The summed E-state index contributed by atoms with van der Waals surface area (Å²) in [7, 11) is -3.75. The predicted octanol–water partition coefficient (Wildman–Crippen LogP) is 8.45. The number of azo groups is 1. The van der Waals surface area contributed by atoms with E-state index in [0.717, 1.165) is 35.2 Å². The highest BCUT2D eigenvalue weighted by atomic mass is 35.5. The van der Waals surface area contributed by atoms with Gasteiger partial charge in [-0.15, -0.1) is 21.6 Å². The molecule has 11 heteroatoms. The first-order valence-corrected chi connectivity index (χ1v) is 16.6. The Morgan fingerprint density at radius 2 is 1.76 bits per heavy atom. The summed E-state index contributed by atoms with van der Waals surface area (Å²) in [5.41, 5.74) is 3.22. The third-order valence-corrected chi connectivity index (χ3v) is 11.1. The Balaban J connectivity index is 1.47. The number of aromatic nitrogens is 2. The second kappa shape index (κ2) is 10.2. The van der Waals surface area contributed by atoms with Crippen LogP contribution in [0, 0.1) is 11.8 Å². The highest BCUT2D eigenvalue weighted by Gasteiger charge is 2.39. The number of halogens is 1. The van der Waals surface area contributed by atoms with Crippen molar-refractivity contribution in [1.29, 1.82) is 0 Å². The third kappa shape index (κ3) is 4.98. The van der Waals surface area contributed by atoms with E-state index in [1.54, 1.807) is 16.4 Å². The highest BCUT2D eigenvalue weighted by molar-refractivity contribution is 7.89. The van der Waals surface area contributed by atoms with Crippen molar-refractivity contribution in [3.8, 4) is 17.1 Å². The van der Waals surface area contributed by atoms with Crippen molar-refractivity contribution in [2.75, 3.05) is 13.1 Å². The summed E-state index contributed by atoms with van der Waals surface area (Å²) in [5.74, 6) is 0.655. The molecule has 3 unspecified atom stereocenters. The Kier molecular flexibility index (Phi) is 7.04. The lowest BCUT2D eigenvalue weighted by molar-refractivity contribution is 0.222. The van der Waals surface area contributed by atoms with Crippen molar-refractivity contribution in [2.24, 2.45) is 22.1 Å². The van der Waals surface area contributed by atoms with Crippen LogP contribution in [0.3, 0.4) is 0 Å². The zero-order valence-electron chi connectivity index (χ0n) is 23.8.